The number of aromatic nitrogens is 4. The van der Waals surface area contributed by atoms with E-state index >= 15 is 0 Å². The van der Waals surface area contributed by atoms with Crippen molar-refractivity contribution >= 4 is 11.4 Å². The highest BCUT2D eigenvalue weighted by Crippen LogP contribution is 2.55. The highest BCUT2D eigenvalue weighted by molar-refractivity contribution is 5.60. The van der Waals surface area contributed by atoms with Gasteiger partial charge >= 0.3 is 0 Å². The van der Waals surface area contributed by atoms with Gasteiger partial charge in [0, 0.05) is 11.8 Å². The van der Waals surface area contributed by atoms with E-state index in [4.69, 9.17) is 18.4 Å². The molecule has 2 aliphatic rings. The zero-order valence-corrected chi connectivity index (χ0v) is 26.8. The zero-order chi connectivity index (χ0) is 32.5. The fourth-order valence-corrected chi connectivity index (χ4v) is 5.90. The van der Waals surface area contributed by atoms with Crippen molar-refractivity contribution in [1.29, 1.82) is 0 Å². The molecule has 0 spiro atoms. The standard InChI is InChI=1S/C38H36N6O4/c1-23-9-8-10-24(2)36(23)46-32-14-7-6-13-30(32)40-22-35-42-43-38(47-35)29-20-28(29)26-17-18-31(33(19-26)45-27-11-4-3-5-12-27)39-21-34-41-37(44-48-34)25-15-16-25/h3-14,17-19,25,28-29,39-40H,15-16,20-22H2,1-2H3. The molecule has 2 heterocycles. The van der Waals surface area contributed by atoms with Gasteiger partial charge in [0.05, 0.1) is 24.5 Å². The van der Waals surface area contributed by atoms with Crippen LogP contribution in [0.3, 0.4) is 0 Å². The molecule has 0 saturated heterocycles. The summed E-state index contributed by atoms with van der Waals surface area (Å²) >= 11 is 0. The van der Waals surface area contributed by atoms with Gasteiger partial charge in [-0.25, -0.2) is 0 Å². The predicted molar refractivity (Wildman–Crippen MR) is 181 cm³/mol. The van der Waals surface area contributed by atoms with E-state index < -0.39 is 0 Å². The lowest BCUT2D eigenvalue weighted by atomic mass is 10.1. The first-order chi connectivity index (χ1) is 23.6. The van der Waals surface area contributed by atoms with Crippen molar-refractivity contribution in [2.45, 2.75) is 64.0 Å². The van der Waals surface area contributed by atoms with Crippen molar-refractivity contribution in [3.8, 4) is 23.0 Å². The molecular formula is C38H36N6O4. The Morgan fingerprint density at radius 1 is 0.729 bits per heavy atom. The van der Waals surface area contributed by atoms with E-state index in [0.717, 1.165) is 76.2 Å². The first-order valence-corrected chi connectivity index (χ1v) is 16.4. The first kappa shape index (κ1) is 29.7. The Hall–Kier alpha value is -5.64. The summed E-state index contributed by atoms with van der Waals surface area (Å²) in [7, 11) is 0. The Balaban J connectivity index is 0.936. The summed E-state index contributed by atoms with van der Waals surface area (Å²) in [5.74, 6) is 6.46. The van der Waals surface area contributed by atoms with Crippen LogP contribution >= 0.6 is 0 Å². The molecule has 48 heavy (non-hydrogen) atoms. The zero-order valence-electron chi connectivity index (χ0n) is 26.8. The van der Waals surface area contributed by atoms with Crippen LogP contribution in [0, 0.1) is 13.8 Å². The Morgan fingerprint density at radius 3 is 2.29 bits per heavy atom. The average Bonchev–Trinajstić information content (AvgIpc) is 4.02. The maximum atomic E-state index is 6.35. The van der Waals surface area contributed by atoms with Gasteiger partial charge in [-0.15, -0.1) is 10.2 Å². The lowest BCUT2D eigenvalue weighted by Gasteiger charge is -2.15. The van der Waals surface area contributed by atoms with Gasteiger partial charge in [0.2, 0.25) is 17.7 Å². The maximum absolute atomic E-state index is 6.35. The molecule has 0 amide bonds. The molecular weight excluding hydrogens is 604 g/mol. The molecule has 0 aliphatic heterocycles. The van der Waals surface area contributed by atoms with Crippen LogP contribution in [0.5, 0.6) is 23.0 Å². The van der Waals surface area contributed by atoms with Crippen molar-refractivity contribution in [2.24, 2.45) is 0 Å². The van der Waals surface area contributed by atoms with Gasteiger partial charge in [-0.1, -0.05) is 59.8 Å². The molecule has 2 aromatic heterocycles. The third kappa shape index (κ3) is 6.60. The normalized spacial score (nSPS) is 16.8. The average molecular weight is 641 g/mol. The number of hydrogen-bond donors (Lipinski definition) is 2. The number of nitrogens with zero attached hydrogens (tertiary/aromatic N) is 4. The third-order valence-electron chi connectivity index (χ3n) is 8.79. The lowest BCUT2D eigenvalue weighted by molar-refractivity contribution is 0.377. The van der Waals surface area contributed by atoms with Crippen LogP contribution in [-0.4, -0.2) is 20.3 Å². The minimum absolute atomic E-state index is 0.147. The second kappa shape index (κ2) is 12.9. The van der Waals surface area contributed by atoms with E-state index in [2.05, 4.69) is 43.1 Å². The molecule has 2 saturated carbocycles. The summed E-state index contributed by atoms with van der Waals surface area (Å²) in [5.41, 5.74) is 5.02. The van der Waals surface area contributed by atoms with Crippen LogP contribution in [-0.2, 0) is 13.1 Å². The van der Waals surface area contributed by atoms with Gasteiger partial charge in [-0.3, -0.25) is 0 Å². The predicted octanol–water partition coefficient (Wildman–Crippen LogP) is 9.03. The van der Waals surface area contributed by atoms with E-state index in [0.29, 0.717) is 36.7 Å². The molecule has 4 aromatic carbocycles. The molecule has 0 radical (unpaired) electrons. The number of rotatable bonds is 13. The van der Waals surface area contributed by atoms with Gasteiger partial charge in [-0.05, 0) is 92.1 Å². The minimum atomic E-state index is 0.147. The molecule has 2 aliphatic carbocycles. The summed E-state index contributed by atoms with van der Waals surface area (Å²) in [4.78, 5) is 4.54. The molecule has 0 bridgehead atoms. The van der Waals surface area contributed by atoms with Crippen LogP contribution in [0.2, 0.25) is 0 Å². The molecule has 2 fully saturated rings. The second-order valence-electron chi connectivity index (χ2n) is 12.5. The van der Waals surface area contributed by atoms with E-state index in [-0.39, 0.29) is 11.8 Å². The molecule has 242 valence electrons. The summed E-state index contributed by atoms with van der Waals surface area (Å²) in [6.07, 6.45) is 3.18. The molecule has 2 unspecified atom stereocenters. The summed E-state index contributed by atoms with van der Waals surface area (Å²) in [6, 6.07) is 30.0. The van der Waals surface area contributed by atoms with Crippen LogP contribution in [0.1, 0.15) is 77.2 Å². The Kier molecular flexibility index (Phi) is 7.97. The molecule has 2 atom stereocenters. The summed E-state index contributed by atoms with van der Waals surface area (Å²) in [5, 5.41) is 19.7. The third-order valence-corrected chi connectivity index (χ3v) is 8.79. The Morgan fingerprint density at radius 2 is 1.48 bits per heavy atom. The minimum Gasteiger partial charge on any atom is -0.455 e. The number of benzene rings is 4. The Bertz CT molecular complexity index is 2020. The van der Waals surface area contributed by atoms with Crippen LogP contribution in [0.25, 0.3) is 0 Å². The van der Waals surface area contributed by atoms with E-state index in [1.165, 1.54) is 0 Å². The van der Waals surface area contributed by atoms with Crippen molar-refractivity contribution in [3.05, 3.63) is 131 Å². The van der Waals surface area contributed by atoms with Crippen molar-refractivity contribution < 1.29 is 18.4 Å². The molecule has 6 aromatic rings. The van der Waals surface area contributed by atoms with Crippen LogP contribution in [0.4, 0.5) is 11.4 Å². The van der Waals surface area contributed by atoms with Gasteiger partial charge in [0.1, 0.15) is 11.5 Å². The lowest BCUT2D eigenvalue weighted by Crippen LogP contribution is -2.02. The van der Waals surface area contributed by atoms with E-state index in [1.807, 2.05) is 92.7 Å². The number of hydrogen-bond acceptors (Lipinski definition) is 10. The maximum Gasteiger partial charge on any atom is 0.245 e. The van der Waals surface area contributed by atoms with E-state index in [9.17, 15) is 0 Å². The number of anilines is 2. The van der Waals surface area contributed by atoms with Gasteiger partial charge in [0.15, 0.2) is 17.3 Å². The molecule has 10 nitrogen and oxygen atoms in total. The fraction of sp³-hybridized carbons (Fsp3) is 0.263. The van der Waals surface area contributed by atoms with Crippen LogP contribution < -0.4 is 20.1 Å². The van der Waals surface area contributed by atoms with E-state index in [1.54, 1.807) is 0 Å². The van der Waals surface area contributed by atoms with Gasteiger partial charge < -0.3 is 29.0 Å². The molecule has 2 N–H and O–H groups in total. The monoisotopic (exact) mass is 640 g/mol. The SMILES string of the molecule is Cc1cccc(C)c1Oc1ccccc1NCc1nnc(C2CC2c2ccc(NCc3nc(C4CC4)no3)c(Oc3ccccc3)c2)o1. The van der Waals surface area contributed by atoms with Gasteiger partial charge in [-0.2, -0.15) is 4.98 Å². The topological polar surface area (TPSA) is 120 Å². The second-order valence-corrected chi connectivity index (χ2v) is 12.5. The smallest absolute Gasteiger partial charge is 0.245 e. The summed E-state index contributed by atoms with van der Waals surface area (Å²) in [6.45, 7) is 4.90. The highest BCUT2D eigenvalue weighted by atomic mass is 16.5. The highest BCUT2D eigenvalue weighted by Gasteiger charge is 2.44. The van der Waals surface area contributed by atoms with Crippen molar-refractivity contribution in [2.75, 3.05) is 10.6 Å². The van der Waals surface area contributed by atoms with Crippen molar-refractivity contribution in [3.63, 3.8) is 0 Å². The van der Waals surface area contributed by atoms with Crippen molar-refractivity contribution in [1.82, 2.24) is 20.3 Å². The largest absolute Gasteiger partial charge is 0.455 e. The summed E-state index contributed by atoms with van der Waals surface area (Å²) < 4.78 is 24.3. The number of aryl methyl sites for hydroxylation is 2. The molecule has 10 heteroatoms. The Labute approximate surface area is 278 Å². The number of ether oxygens (including phenoxy) is 2. The van der Waals surface area contributed by atoms with Gasteiger partial charge in [0.25, 0.3) is 0 Å². The number of nitrogens with one attached hydrogen (secondary N) is 2. The van der Waals surface area contributed by atoms with Crippen LogP contribution in [0.15, 0.2) is 99.9 Å². The quantitative estimate of drug-likeness (QED) is 0.126. The first-order valence-electron chi connectivity index (χ1n) is 16.4. The fourth-order valence-electron chi connectivity index (χ4n) is 5.90. The molecule has 8 rings (SSSR count). The number of para-hydroxylation sites is 4.